The third-order valence-electron chi connectivity index (χ3n) is 3.22. The van der Waals surface area contributed by atoms with E-state index >= 15 is 0 Å². The van der Waals surface area contributed by atoms with Gasteiger partial charge in [0.1, 0.15) is 19.0 Å². The van der Waals surface area contributed by atoms with Gasteiger partial charge in [0, 0.05) is 12.1 Å². The molecule has 1 atom stereocenters. The lowest BCUT2D eigenvalue weighted by atomic mass is 10.1. The summed E-state index contributed by atoms with van der Waals surface area (Å²) >= 11 is 0. The zero-order valence-electron chi connectivity index (χ0n) is 10.9. The Hall–Kier alpha value is -1.94. The van der Waals surface area contributed by atoms with Crippen LogP contribution in [-0.2, 0) is 6.54 Å². The second kappa shape index (κ2) is 5.36. The SMILES string of the molecule is C[C@H](NCc1cccc2c1OCCO2)c1ccco1. The van der Waals surface area contributed by atoms with Gasteiger partial charge in [0.25, 0.3) is 0 Å². The highest BCUT2D eigenvalue weighted by atomic mass is 16.6. The van der Waals surface area contributed by atoms with Crippen molar-refractivity contribution in [2.24, 2.45) is 0 Å². The van der Waals surface area contributed by atoms with E-state index in [4.69, 9.17) is 13.9 Å². The second-order valence-electron chi connectivity index (χ2n) is 4.56. The Bertz CT molecular complexity index is 536. The number of rotatable bonds is 4. The molecule has 0 spiro atoms. The number of hydrogen-bond donors (Lipinski definition) is 1. The number of nitrogens with one attached hydrogen (secondary N) is 1. The molecule has 19 heavy (non-hydrogen) atoms. The summed E-state index contributed by atoms with van der Waals surface area (Å²) in [6.45, 7) is 4.02. The molecule has 0 bridgehead atoms. The molecular weight excluding hydrogens is 242 g/mol. The lowest BCUT2D eigenvalue weighted by Gasteiger charge is -2.21. The van der Waals surface area contributed by atoms with E-state index in [0.29, 0.717) is 19.8 Å². The van der Waals surface area contributed by atoms with E-state index < -0.39 is 0 Å². The number of para-hydroxylation sites is 1. The first kappa shape index (κ1) is 12.1. The number of ether oxygens (including phenoxy) is 2. The van der Waals surface area contributed by atoms with Gasteiger partial charge in [-0.3, -0.25) is 0 Å². The minimum absolute atomic E-state index is 0.162. The molecule has 0 radical (unpaired) electrons. The van der Waals surface area contributed by atoms with Crippen molar-refractivity contribution >= 4 is 0 Å². The van der Waals surface area contributed by atoms with Crippen LogP contribution in [0.25, 0.3) is 0 Å². The lowest BCUT2D eigenvalue weighted by molar-refractivity contribution is 0.169. The maximum atomic E-state index is 5.69. The summed E-state index contributed by atoms with van der Waals surface area (Å²) in [4.78, 5) is 0. The quantitative estimate of drug-likeness (QED) is 0.917. The molecule has 1 aliphatic heterocycles. The zero-order valence-corrected chi connectivity index (χ0v) is 10.9. The van der Waals surface area contributed by atoms with Gasteiger partial charge in [-0.15, -0.1) is 0 Å². The number of furan rings is 1. The van der Waals surface area contributed by atoms with Gasteiger partial charge in [-0.05, 0) is 25.1 Å². The smallest absolute Gasteiger partial charge is 0.165 e. The van der Waals surface area contributed by atoms with Crippen LogP contribution in [0.2, 0.25) is 0 Å². The molecule has 0 fully saturated rings. The summed E-state index contributed by atoms with van der Waals surface area (Å²) in [6.07, 6.45) is 1.69. The van der Waals surface area contributed by atoms with E-state index in [2.05, 4.69) is 18.3 Å². The number of hydrogen-bond acceptors (Lipinski definition) is 4. The van der Waals surface area contributed by atoms with Crippen LogP contribution in [0.15, 0.2) is 41.0 Å². The van der Waals surface area contributed by atoms with Crippen LogP contribution >= 0.6 is 0 Å². The van der Waals surface area contributed by atoms with E-state index in [1.165, 1.54) is 0 Å². The molecular formula is C15H17NO3. The average Bonchev–Trinajstić information content (AvgIpc) is 2.99. The molecule has 4 heteroatoms. The molecule has 0 amide bonds. The van der Waals surface area contributed by atoms with Crippen LogP contribution in [0.3, 0.4) is 0 Å². The van der Waals surface area contributed by atoms with E-state index in [1.54, 1.807) is 6.26 Å². The van der Waals surface area contributed by atoms with Crippen molar-refractivity contribution in [1.82, 2.24) is 5.32 Å². The van der Waals surface area contributed by atoms with Crippen molar-refractivity contribution in [3.8, 4) is 11.5 Å². The summed E-state index contributed by atoms with van der Waals surface area (Å²) in [5, 5.41) is 3.42. The zero-order chi connectivity index (χ0) is 13.1. The first-order valence-electron chi connectivity index (χ1n) is 6.49. The molecule has 3 rings (SSSR count). The van der Waals surface area contributed by atoms with Crippen molar-refractivity contribution in [3.05, 3.63) is 47.9 Å². The van der Waals surface area contributed by atoms with Gasteiger partial charge in [0.05, 0.1) is 12.3 Å². The molecule has 1 aromatic carbocycles. The van der Waals surface area contributed by atoms with Crippen LogP contribution in [-0.4, -0.2) is 13.2 Å². The summed E-state index contributed by atoms with van der Waals surface area (Å²) < 4.78 is 16.6. The van der Waals surface area contributed by atoms with Gasteiger partial charge in [-0.1, -0.05) is 12.1 Å². The Kier molecular flexibility index (Phi) is 3.42. The van der Waals surface area contributed by atoms with Gasteiger partial charge in [-0.25, -0.2) is 0 Å². The fourth-order valence-corrected chi connectivity index (χ4v) is 2.17. The molecule has 2 aromatic rings. The van der Waals surface area contributed by atoms with Gasteiger partial charge >= 0.3 is 0 Å². The third-order valence-corrected chi connectivity index (χ3v) is 3.22. The van der Waals surface area contributed by atoms with E-state index in [1.807, 2.05) is 24.3 Å². The monoisotopic (exact) mass is 259 g/mol. The highest BCUT2D eigenvalue weighted by molar-refractivity contribution is 5.47. The largest absolute Gasteiger partial charge is 0.486 e. The number of benzene rings is 1. The Morgan fingerprint density at radius 3 is 2.89 bits per heavy atom. The van der Waals surface area contributed by atoms with Crippen LogP contribution in [0, 0.1) is 0 Å². The Morgan fingerprint density at radius 2 is 2.05 bits per heavy atom. The standard InChI is InChI=1S/C15H17NO3/c1-11(13-6-3-7-17-13)16-10-12-4-2-5-14-15(12)19-9-8-18-14/h2-7,11,16H,8-10H2,1H3/t11-/m0/s1. The predicted molar refractivity (Wildman–Crippen MR) is 71.4 cm³/mol. The lowest BCUT2D eigenvalue weighted by Crippen LogP contribution is -2.21. The normalized spacial score (nSPS) is 15.2. The maximum Gasteiger partial charge on any atom is 0.165 e. The van der Waals surface area contributed by atoms with E-state index in [0.717, 1.165) is 22.8 Å². The van der Waals surface area contributed by atoms with Crippen molar-refractivity contribution in [1.29, 1.82) is 0 Å². The molecule has 0 aliphatic carbocycles. The minimum atomic E-state index is 0.162. The molecule has 0 unspecified atom stereocenters. The molecule has 2 heterocycles. The summed E-state index contributed by atoms with van der Waals surface area (Å²) in [6, 6.07) is 10.0. The van der Waals surface area contributed by atoms with Crippen molar-refractivity contribution < 1.29 is 13.9 Å². The van der Waals surface area contributed by atoms with Crippen molar-refractivity contribution in [2.75, 3.05) is 13.2 Å². The van der Waals surface area contributed by atoms with Gasteiger partial charge in [-0.2, -0.15) is 0 Å². The van der Waals surface area contributed by atoms with Crippen molar-refractivity contribution in [2.45, 2.75) is 19.5 Å². The molecule has 4 nitrogen and oxygen atoms in total. The van der Waals surface area contributed by atoms with Gasteiger partial charge in [0.15, 0.2) is 11.5 Å². The third kappa shape index (κ3) is 2.58. The highest BCUT2D eigenvalue weighted by Gasteiger charge is 2.16. The molecule has 1 N–H and O–H groups in total. The van der Waals surface area contributed by atoms with Crippen LogP contribution < -0.4 is 14.8 Å². The van der Waals surface area contributed by atoms with Gasteiger partial charge < -0.3 is 19.2 Å². The van der Waals surface area contributed by atoms with Crippen LogP contribution in [0.1, 0.15) is 24.3 Å². The molecule has 0 saturated heterocycles. The first-order chi connectivity index (χ1) is 9.34. The van der Waals surface area contributed by atoms with Crippen LogP contribution in [0.5, 0.6) is 11.5 Å². The summed E-state index contributed by atoms with van der Waals surface area (Å²) in [5.41, 5.74) is 1.11. The summed E-state index contributed by atoms with van der Waals surface area (Å²) in [7, 11) is 0. The topological polar surface area (TPSA) is 43.6 Å². The van der Waals surface area contributed by atoms with Crippen molar-refractivity contribution in [3.63, 3.8) is 0 Å². The summed E-state index contributed by atoms with van der Waals surface area (Å²) in [5.74, 6) is 2.62. The second-order valence-corrected chi connectivity index (χ2v) is 4.56. The fraction of sp³-hybridized carbons (Fsp3) is 0.333. The number of fused-ring (bicyclic) bond motifs is 1. The fourth-order valence-electron chi connectivity index (χ4n) is 2.17. The average molecular weight is 259 g/mol. The molecule has 100 valence electrons. The van der Waals surface area contributed by atoms with Crippen LogP contribution in [0.4, 0.5) is 0 Å². The minimum Gasteiger partial charge on any atom is -0.486 e. The highest BCUT2D eigenvalue weighted by Crippen LogP contribution is 2.33. The Balaban J connectivity index is 1.70. The molecule has 0 saturated carbocycles. The molecule has 1 aromatic heterocycles. The first-order valence-corrected chi connectivity index (χ1v) is 6.49. The maximum absolute atomic E-state index is 5.69. The molecule has 1 aliphatic rings. The Morgan fingerprint density at radius 1 is 1.16 bits per heavy atom. The van der Waals surface area contributed by atoms with E-state index in [9.17, 15) is 0 Å². The van der Waals surface area contributed by atoms with Gasteiger partial charge in [0.2, 0.25) is 0 Å². The van der Waals surface area contributed by atoms with E-state index in [-0.39, 0.29) is 6.04 Å². The predicted octanol–water partition coefficient (Wildman–Crippen LogP) is 2.90. The Labute approximate surface area is 112 Å².